The number of carbonyl (C=O) groups excluding carboxylic acids is 1. The Hall–Kier alpha value is -3.35. The Balaban J connectivity index is 0.00000156. The van der Waals surface area contributed by atoms with Gasteiger partial charge < -0.3 is 11.1 Å². The number of carbonyl (C=O) groups is 1. The lowest BCUT2D eigenvalue weighted by Gasteiger charge is -2.08. The Morgan fingerprint density at radius 2 is 2.09 bits per heavy atom. The molecule has 2 aromatic heterocycles. The molecule has 3 rings (SSSR count). The molecule has 3 aromatic rings. The van der Waals surface area contributed by atoms with Crippen molar-refractivity contribution in [2.45, 2.75) is 0 Å². The van der Waals surface area contributed by atoms with Crippen LogP contribution in [0.4, 0.5) is 15.9 Å². The normalized spacial score (nSPS) is 10.3. The number of nitrogens with zero attached hydrogens (tertiary/aromatic N) is 3. The highest BCUT2D eigenvalue weighted by Crippen LogP contribution is 2.18. The largest absolute Gasteiger partial charge is 0.382 e. The Kier molecular flexibility index (Phi) is 3.92. The minimum atomic E-state index is -0.564. The number of benzene rings is 1. The van der Waals surface area contributed by atoms with Crippen LogP contribution in [-0.2, 0) is 0 Å². The summed E-state index contributed by atoms with van der Waals surface area (Å²) in [7, 11) is 0. The van der Waals surface area contributed by atoms with Crippen LogP contribution in [0.25, 0.3) is 11.3 Å². The van der Waals surface area contributed by atoms with Gasteiger partial charge in [0, 0.05) is 26.5 Å². The molecular weight excluding hydrogens is 297 g/mol. The quantitative estimate of drug-likeness (QED) is 0.775. The summed E-state index contributed by atoms with van der Waals surface area (Å²) in [6, 6.07) is 9.09. The van der Waals surface area contributed by atoms with Crippen LogP contribution in [-0.4, -0.2) is 20.9 Å². The number of anilines is 2. The lowest BCUT2D eigenvalue weighted by atomic mass is 10.2. The summed E-state index contributed by atoms with van der Waals surface area (Å²) >= 11 is 0. The van der Waals surface area contributed by atoms with Gasteiger partial charge in [0.05, 0.1) is 11.9 Å². The zero-order chi connectivity index (χ0) is 16.2. The average molecular weight is 313 g/mol. The second-order valence-corrected chi connectivity index (χ2v) is 4.70. The highest BCUT2D eigenvalue weighted by Gasteiger charge is 2.15. The Morgan fingerprint density at radius 1 is 1.22 bits per heavy atom. The van der Waals surface area contributed by atoms with E-state index in [-0.39, 0.29) is 14.4 Å². The van der Waals surface area contributed by atoms with Crippen molar-refractivity contribution < 1.29 is 12.0 Å². The van der Waals surface area contributed by atoms with Crippen molar-refractivity contribution in [2.24, 2.45) is 0 Å². The lowest BCUT2D eigenvalue weighted by Crippen LogP contribution is -2.17. The van der Waals surface area contributed by atoms with Crippen molar-refractivity contribution in [1.82, 2.24) is 15.0 Å². The molecule has 0 radical (unpaired) electrons. The maximum absolute atomic E-state index is 13.2. The number of pyridine rings is 1. The second kappa shape index (κ2) is 6.18. The number of nitrogens with one attached hydrogen (secondary N) is 1. The van der Waals surface area contributed by atoms with Crippen molar-refractivity contribution in [1.29, 1.82) is 0 Å². The Morgan fingerprint density at radius 3 is 2.83 bits per heavy atom. The van der Waals surface area contributed by atoms with Gasteiger partial charge in [0.2, 0.25) is 0 Å². The Bertz CT molecular complexity index is 864. The van der Waals surface area contributed by atoms with Gasteiger partial charge in [-0.15, -0.1) is 0 Å². The van der Waals surface area contributed by atoms with Gasteiger partial charge in [-0.3, -0.25) is 9.78 Å². The molecule has 0 saturated carbocycles. The average Bonchev–Trinajstić information content (AvgIpc) is 2.56. The summed E-state index contributed by atoms with van der Waals surface area (Å²) in [5, 5.41) is 2.54. The number of amides is 1. The summed E-state index contributed by atoms with van der Waals surface area (Å²) < 4.78 is 13.2. The zero-order valence-corrected chi connectivity index (χ0v) is 11.9. The molecule has 23 heavy (non-hydrogen) atoms. The van der Waals surface area contributed by atoms with Crippen molar-refractivity contribution in [3.8, 4) is 11.3 Å². The molecular formula is C16H16FN5O. The van der Waals surface area contributed by atoms with Crippen LogP contribution < -0.4 is 11.1 Å². The van der Waals surface area contributed by atoms with E-state index in [1.54, 1.807) is 30.6 Å². The SMILES string of the molecule is Nc1ncc(-c2cccnc2)nc1C(=O)Nc1cccc(F)c1.[HH].[HH]. The van der Waals surface area contributed by atoms with E-state index in [0.29, 0.717) is 16.9 Å². The number of halogens is 1. The smallest absolute Gasteiger partial charge is 0.278 e. The van der Waals surface area contributed by atoms with Crippen LogP contribution >= 0.6 is 0 Å². The maximum atomic E-state index is 13.2. The van der Waals surface area contributed by atoms with Gasteiger partial charge in [-0.2, -0.15) is 0 Å². The van der Waals surface area contributed by atoms with E-state index < -0.39 is 11.7 Å². The predicted molar refractivity (Wildman–Crippen MR) is 88.3 cm³/mol. The van der Waals surface area contributed by atoms with Gasteiger partial charge >= 0.3 is 0 Å². The summed E-state index contributed by atoms with van der Waals surface area (Å²) in [6.45, 7) is 0. The molecule has 2 heterocycles. The standard InChI is InChI=1S/C16H12FN5O.2H2/c17-11-4-1-5-12(7-11)21-16(23)14-15(18)20-9-13(22-14)10-3-2-6-19-8-10;;/h1-9H,(H2,18,20)(H,21,23);2*1H. The third-order valence-electron chi connectivity index (χ3n) is 3.06. The molecule has 0 fully saturated rings. The topological polar surface area (TPSA) is 93.8 Å². The molecule has 0 aliphatic heterocycles. The molecule has 0 aliphatic carbocycles. The minimum Gasteiger partial charge on any atom is -0.382 e. The van der Waals surface area contributed by atoms with E-state index in [9.17, 15) is 9.18 Å². The number of nitrogens with two attached hydrogens (primary N) is 1. The summed E-state index contributed by atoms with van der Waals surface area (Å²) in [4.78, 5) is 24.5. The van der Waals surface area contributed by atoms with Gasteiger partial charge in [0.1, 0.15) is 5.82 Å². The van der Waals surface area contributed by atoms with Crippen molar-refractivity contribution >= 4 is 17.4 Å². The third kappa shape index (κ3) is 3.29. The van der Waals surface area contributed by atoms with Crippen LogP contribution in [0.1, 0.15) is 13.3 Å². The number of rotatable bonds is 3. The molecule has 3 N–H and O–H groups in total. The van der Waals surface area contributed by atoms with Gasteiger partial charge in [0.15, 0.2) is 11.5 Å². The molecule has 1 aromatic carbocycles. The predicted octanol–water partition coefficient (Wildman–Crippen LogP) is 3.00. The van der Waals surface area contributed by atoms with Gasteiger partial charge in [-0.25, -0.2) is 14.4 Å². The molecule has 0 bridgehead atoms. The molecule has 0 unspecified atom stereocenters. The van der Waals surface area contributed by atoms with Crippen LogP contribution in [0.5, 0.6) is 0 Å². The molecule has 0 spiro atoms. The first-order chi connectivity index (χ1) is 11.1. The van der Waals surface area contributed by atoms with Crippen LogP contribution in [0.15, 0.2) is 55.0 Å². The van der Waals surface area contributed by atoms with E-state index in [1.807, 2.05) is 0 Å². The van der Waals surface area contributed by atoms with Gasteiger partial charge in [-0.1, -0.05) is 6.07 Å². The first-order valence-electron chi connectivity index (χ1n) is 6.73. The number of aromatic nitrogens is 3. The zero-order valence-electron chi connectivity index (χ0n) is 11.9. The van der Waals surface area contributed by atoms with Crippen LogP contribution in [0, 0.1) is 5.82 Å². The molecule has 0 saturated heterocycles. The highest BCUT2D eigenvalue weighted by atomic mass is 19.1. The number of nitrogen functional groups attached to an aromatic ring is 1. The van der Waals surface area contributed by atoms with Gasteiger partial charge in [-0.05, 0) is 30.3 Å². The maximum Gasteiger partial charge on any atom is 0.278 e. The monoisotopic (exact) mass is 313 g/mol. The number of hydrogen-bond acceptors (Lipinski definition) is 5. The summed E-state index contributed by atoms with van der Waals surface area (Å²) in [5.74, 6) is -1.02. The lowest BCUT2D eigenvalue weighted by molar-refractivity contribution is 0.102. The molecule has 0 atom stereocenters. The van der Waals surface area contributed by atoms with E-state index >= 15 is 0 Å². The first kappa shape index (κ1) is 14.6. The fourth-order valence-corrected chi connectivity index (χ4v) is 1.98. The van der Waals surface area contributed by atoms with Crippen LogP contribution in [0.3, 0.4) is 0 Å². The molecule has 118 valence electrons. The van der Waals surface area contributed by atoms with E-state index in [0.717, 1.165) is 0 Å². The fourth-order valence-electron chi connectivity index (χ4n) is 1.98. The second-order valence-electron chi connectivity index (χ2n) is 4.70. The van der Waals surface area contributed by atoms with E-state index in [2.05, 4.69) is 20.3 Å². The van der Waals surface area contributed by atoms with E-state index in [1.165, 1.54) is 24.4 Å². The third-order valence-corrected chi connectivity index (χ3v) is 3.06. The molecule has 1 amide bonds. The highest BCUT2D eigenvalue weighted by molar-refractivity contribution is 6.05. The molecule has 6 nitrogen and oxygen atoms in total. The minimum absolute atomic E-state index is 0. The molecule has 0 aliphatic rings. The summed E-state index contributed by atoms with van der Waals surface area (Å²) in [5.41, 5.74) is 7.18. The van der Waals surface area contributed by atoms with Gasteiger partial charge in [0.25, 0.3) is 5.91 Å². The van der Waals surface area contributed by atoms with E-state index in [4.69, 9.17) is 5.73 Å². The van der Waals surface area contributed by atoms with Crippen LogP contribution in [0.2, 0.25) is 0 Å². The number of hydrogen-bond donors (Lipinski definition) is 2. The van der Waals surface area contributed by atoms with Crippen molar-refractivity contribution in [2.75, 3.05) is 11.1 Å². The summed E-state index contributed by atoms with van der Waals surface area (Å²) in [6.07, 6.45) is 4.70. The Labute approximate surface area is 134 Å². The van der Waals surface area contributed by atoms with Crippen molar-refractivity contribution in [3.05, 3.63) is 66.5 Å². The van der Waals surface area contributed by atoms with Crippen molar-refractivity contribution in [3.63, 3.8) is 0 Å². The first-order valence-corrected chi connectivity index (χ1v) is 6.73. The fraction of sp³-hybridized carbons (Fsp3) is 0. The molecule has 7 heteroatoms.